The van der Waals surface area contributed by atoms with Crippen LogP contribution in [-0.4, -0.2) is 19.4 Å². The summed E-state index contributed by atoms with van der Waals surface area (Å²) in [6.07, 6.45) is 2.41. The molecule has 1 aromatic carbocycles. The summed E-state index contributed by atoms with van der Waals surface area (Å²) in [5.74, 6) is 0. The summed E-state index contributed by atoms with van der Waals surface area (Å²) in [6, 6.07) is 4.40. The molecule has 7 heteroatoms. The summed E-state index contributed by atoms with van der Waals surface area (Å²) in [6.45, 7) is 3.95. The average molecular weight is 335 g/mol. The summed E-state index contributed by atoms with van der Waals surface area (Å²) < 4.78 is 27.5. The van der Waals surface area contributed by atoms with Crippen molar-refractivity contribution in [2.24, 2.45) is 5.73 Å². The lowest BCUT2D eigenvalue weighted by Gasteiger charge is -2.17. The van der Waals surface area contributed by atoms with E-state index in [4.69, 9.17) is 29.6 Å². The molecule has 20 heavy (non-hydrogen) atoms. The second kappa shape index (κ2) is 7.36. The smallest absolute Gasteiger partial charge is 0.242 e. The summed E-state index contributed by atoms with van der Waals surface area (Å²) in [7, 11) is -3.68. The van der Waals surface area contributed by atoms with Crippen LogP contribution in [0.5, 0.6) is 0 Å². The first-order chi connectivity index (χ1) is 9.31. The van der Waals surface area contributed by atoms with E-state index in [2.05, 4.69) is 4.72 Å². The molecular formula is C13H19ClN2O2S2. The normalized spacial score (nSPS) is 13.2. The molecule has 1 unspecified atom stereocenters. The van der Waals surface area contributed by atoms with Gasteiger partial charge in [-0.15, -0.1) is 0 Å². The van der Waals surface area contributed by atoms with Gasteiger partial charge in [-0.25, -0.2) is 13.1 Å². The summed E-state index contributed by atoms with van der Waals surface area (Å²) in [5.41, 5.74) is 6.00. The Bertz CT molecular complexity index is 588. The molecule has 3 N–H and O–H groups in total. The van der Waals surface area contributed by atoms with E-state index in [1.54, 1.807) is 6.07 Å². The standard InChI is InChI=1S/C13H19ClN2O2S2/c1-3-5-10(4-2)16-20(17,18)12-8-9(13(15)19)6-7-11(12)14/h6-8,10,16H,3-5H2,1-2H3,(H2,15,19). The number of nitrogens with two attached hydrogens (primary N) is 1. The fourth-order valence-corrected chi connectivity index (χ4v) is 3.85. The van der Waals surface area contributed by atoms with Crippen molar-refractivity contribution in [1.82, 2.24) is 4.72 Å². The van der Waals surface area contributed by atoms with Gasteiger partial charge < -0.3 is 5.73 Å². The first-order valence-corrected chi connectivity index (χ1v) is 8.70. The minimum Gasteiger partial charge on any atom is -0.389 e. The Morgan fingerprint density at radius 2 is 2.10 bits per heavy atom. The molecule has 0 saturated carbocycles. The first kappa shape index (κ1) is 17.4. The molecule has 0 fully saturated rings. The van der Waals surface area contributed by atoms with Crippen LogP contribution in [0.2, 0.25) is 5.02 Å². The number of thiocarbonyl (C=S) groups is 1. The van der Waals surface area contributed by atoms with Gasteiger partial charge in [-0.05, 0) is 25.0 Å². The lowest BCUT2D eigenvalue weighted by molar-refractivity contribution is 0.512. The maximum Gasteiger partial charge on any atom is 0.242 e. The predicted octanol–water partition coefficient (Wildman–Crippen LogP) is 2.83. The second-order valence-electron chi connectivity index (χ2n) is 4.52. The van der Waals surface area contributed by atoms with Crippen LogP contribution in [0.3, 0.4) is 0 Å². The highest BCUT2D eigenvalue weighted by Gasteiger charge is 2.22. The average Bonchev–Trinajstić information content (AvgIpc) is 2.37. The Labute approximate surface area is 130 Å². The topological polar surface area (TPSA) is 72.2 Å². The zero-order chi connectivity index (χ0) is 15.3. The van der Waals surface area contributed by atoms with E-state index >= 15 is 0 Å². The third-order valence-electron chi connectivity index (χ3n) is 2.96. The van der Waals surface area contributed by atoms with Crippen LogP contribution < -0.4 is 10.5 Å². The van der Waals surface area contributed by atoms with Crippen molar-refractivity contribution in [1.29, 1.82) is 0 Å². The van der Waals surface area contributed by atoms with E-state index in [1.165, 1.54) is 12.1 Å². The molecule has 0 aliphatic carbocycles. The highest BCUT2D eigenvalue weighted by Crippen LogP contribution is 2.23. The van der Waals surface area contributed by atoms with Gasteiger partial charge in [0, 0.05) is 11.6 Å². The largest absolute Gasteiger partial charge is 0.389 e. The van der Waals surface area contributed by atoms with Gasteiger partial charge in [0.05, 0.1) is 5.02 Å². The Kier molecular flexibility index (Phi) is 6.39. The number of benzene rings is 1. The molecule has 0 amide bonds. The molecule has 0 saturated heterocycles. The van der Waals surface area contributed by atoms with Crippen LogP contribution in [0.15, 0.2) is 23.1 Å². The SMILES string of the molecule is CCCC(CC)NS(=O)(=O)c1cc(C(N)=S)ccc1Cl. The highest BCUT2D eigenvalue weighted by atomic mass is 35.5. The van der Waals surface area contributed by atoms with Gasteiger partial charge in [0.25, 0.3) is 0 Å². The molecule has 1 atom stereocenters. The van der Waals surface area contributed by atoms with E-state index in [1.807, 2.05) is 13.8 Å². The van der Waals surface area contributed by atoms with Gasteiger partial charge in [-0.1, -0.05) is 50.2 Å². The van der Waals surface area contributed by atoms with Crippen molar-refractivity contribution < 1.29 is 8.42 Å². The van der Waals surface area contributed by atoms with Gasteiger partial charge in [0.1, 0.15) is 9.88 Å². The first-order valence-electron chi connectivity index (χ1n) is 6.43. The van der Waals surface area contributed by atoms with Crippen molar-refractivity contribution >= 4 is 38.8 Å². The maximum absolute atomic E-state index is 12.4. The predicted molar refractivity (Wildman–Crippen MR) is 86.6 cm³/mol. The molecule has 112 valence electrons. The number of hydrogen-bond acceptors (Lipinski definition) is 3. The fourth-order valence-electron chi connectivity index (χ4n) is 1.84. The molecule has 0 radical (unpaired) electrons. The number of sulfonamides is 1. The summed E-state index contributed by atoms with van der Waals surface area (Å²) >= 11 is 10.8. The molecule has 1 aromatic rings. The van der Waals surface area contributed by atoms with Crippen LogP contribution in [-0.2, 0) is 10.0 Å². The lowest BCUT2D eigenvalue weighted by atomic mass is 10.1. The highest BCUT2D eigenvalue weighted by molar-refractivity contribution is 7.89. The monoisotopic (exact) mass is 334 g/mol. The maximum atomic E-state index is 12.4. The van der Waals surface area contributed by atoms with Gasteiger partial charge in [0.15, 0.2) is 0 Å². The third kappa shape index (κ3) is 4.41. The molecular weight excluding hydrogens is 316 g/mol. The van der Waals surface area contributed by atoms with Gasteiger partial charge in [-0.2, -0.15) is 0 Å². The van der Waals surface area contributed by atoms with E-state index in [-0.39, 0.29) is 20.9 Å². The van der Waals surface area contributed by atoms with Crippen LogP contribution in [0.1, 0.15) is 38.7 Å². The quantitative estimate of drug-likeness (QED) is 0.752. The molecule has 4 nitrogen and oxygen atoms in total. The molecule has 0 spiro atoms. The number of hydrogen-bond donors (Lipinski definition) is 2. The van der Waals surface area contributed by atoms with Crippen LogP contribution in [0.4, 0.5) is 0 Å². The van der Waals surface area contributed by atoms with Gasteiger partial charge >= 0.3 is 0 Å². The van der Waals surface area contributed by atoms with Crippen molar-refractivity contribution in [3.63, 3.8) is 0 Å². The summed E-state index contributed by atoms with van der Waals surface area (Å²) in [4.78, 5) is 0.151. The molecule has 0 aliphatic rings. The van der Waals surface area contributed by atoms with E-state index < -0.39 is 10.0 Å². The van der Waals surface area contributed by atoms with Crippen LogP contribution >= 0.6 is 23.8 Å². The summed E-state index contributed by atoms with van der Waals surface area (Å²) in [5, 5.41) is 0.156. The van der Waals surface area contributed by atoms with Crippen molar-refractivity contribution in [2.75, 3.05) is 0 Å². The number of halogens is 1. The van der Waals surface area contributed by atoms with Crippen LogP contribution in [0.25, 0.3) is 0 Å². The van der Waals surface area contributed by atoms with Crippen LogP contribution in [0, 0.1) is 0 Å². The van der Waals surface area contributed by atoms with E-state index in [9.17, 15) is 8.42 Å². The Morgan fingerprint density at radius 3 is 2.60 bits per heavy atom. The molecule has 0 heterocycles. The Hall–Kier alpha value is -0.690. The fraction of sp³-hybridized carbons (Fsp3) is 0.462. The number of nitrogens with one attached hydrogen (secondary N) is 1. The molecule has 0 bridgehead atoms. The minimum atomic E-state index is -3.68. The van der Waals surface area contributed by atoms with Crippen molar-refractivity contribution in [3.8, 4) is 0 Å². The molecule has 0 aromatic heterocycles. The minimum absolute atomic E-state index is 0.0130. The van der Waals surface area contributed by atoms with Crippen molar-refractivity contribution in [3.05, 3.63) is 28.8 Å². The van der Waals surface area contributed by atoms with Gasteiger partial charge in [-0.3, -0.25) is 0 Å². The zero-order valence-corrected chi connectivity index (χ0v) is 13.9. The molecule has 0 aliphatic heterocycles. The lowest BCUT2D eigenvalue weighted by Crippen LogP contribution is -2.34. The number of rotatable bonds is 7. The zero-order valence-electron chi connectivity index (χ0n) is 11.5. The van der Waals surface area contributed by atoms with Gasteiger partial charge in [0.2, 0.25) is 10.0 Å². The van der Waals surface area contributed by atoms with Crippen molar-refractivity contribution in [2.45, 2.75) is 44.0 Å². The van der Waals surface area contributed by atoms with E-state index in [0.29, 0.717) is 5.56 Å². The van der Waals surface area contributed by atoms with E-state index in [0.717, 1.165) is 19.3 Å². The Balaban J connectivity index is 3.14. The second-order valence-corrected chi connectivity index (χ2v) is 7.05. The third-order valence-corrected chi connectivity index (χ3v) is 5.19. The Morgan fingerprint density at radius 1 is 1.45 bits per heavy atom. The molecule has 1 rings (SSSR count).